The molecule has 1 atom stereocenters. The van der Waals surface area contributed by atoms with Crippen molar-refractivity contribution in [3.8, 4) is 0 Å². The SMILES string of the molecule is Cc1ccc(C(=O)NC(C(N)=O)c2ccccc2)cn1. The van der Waals surface area contributed by atoms with Gasteiger partial charge in [-0.15, -0.1) is 0 Å². The molecule has 1 heterocycles. The van der Waals surface area contributed by atoms with Crippen LogP contribution in [0.25, 0.3) is 0 Å². The van der Waals surface area contributed by atoms with Crippen molar-refractivity contribution in [1.82, 2.24) is 10.3 Å². The van der Waals surface area contributed by atoms with Crippen molar-refractivity contribution < 1.29 is 9.59 Å². The van der Waals surface area contributed by atoms with E-state index in [4.69, 9.17) is 5.73 Å². The first-order valence-electron chi connectivity index (χ1n) is 6.15. The van der Waals surface area contributed by atoms with Crippen LogP contribution >= 0.6 is 0 Å². The Kier molecular flexibility index (Phi) is 4.10. The molecule has 1 aromatic heterocycles. The zero-order valence-corrected chi connectivity index (χ0v) is 11.0. The number of rotatable bonds is 4. The summed E-state index contributed by atoms with van der Waals surface area (Å²) in [4.78, 5) is 27.6. The Morgan fingerprint density at radius 3 is 2.40 bits per heavy atom. The van der Waals surface area contributed by atoms with E-state index in [-0.39, 0.29) is 5.91 Å². The minimum Gasteiger partial charge on any atom is -0.368 e. The number of amides is 2. The van der Waals surface area contributed by atoms with E-state index in [2.05, 4.69) is 10.3 Å². The summed E-state index contributed by atoms with van der Waals surface area (Å²) in [7, 11) is 0. The number of nitrogens with zero attached hydrogens (tertiary/aromatic N) is 1. The van der Waals surface area contributed by atoms with E-state index in [0.717, 1.165) is 5.69 Å². The number of pyridine rings is 1. The summed E-state index contributed by atoms with van der Waals surface area (Å²) in [5, 5.41) is 2.62. The smallest absolute Gasteiger partial charge is 0.253 e. The molecule has 0 spiro atoms. The number of carbonyl (C=O) groups excluding carboxylic acids is 2. The third-order valence-electron chi connectivity index (χ3n) is 2.87. The van der Waals surface area contributed by atoms with Crippen LogP contribution in [0.1, 0.15) is 27.7 Å². The van der Waals surface area contributed by atoms with Gasteiger partial charge in [0.25, 0.3) is 5.91 Å². The molecule has 0 radical (unpaired) electrons. The summed E-state index contributed by atoms with van der Waals surface area (Å²) in [6, 6.07) is 11.4. The summed E-state index contributed by atoms with van der Waals surface area (Å²) in [6.45, 7) is 1.83. The number of hydrogen-bond donors (Lipinski definition) is 2. The first-order valence-corrected chi connectivity index (χ1v) is 6.15. The van der Waals surface area contributed by atoms with Gasteiger partial charge in [-0.2, -0.15) is 0 Å². The van der Waals surface area contributed by atoms with Gasteiger partial charge < -0.3 is 11.1 Å². The van der Waals surface area contributed by atoms with Crippen LogP contribution in [0.5, 0.6) is 0 Å². The average molecular weight is 269 g/mol. The molecule has 0 aliphatic rings. The average Bonchev–Trinajstić information content (AvgIpc) is 2.46. The molecule has 0 aliphatic carbocycles. The Morgan fingerprint density at radius 1 is 1.15 bits per heavy atom. The van der Waals surface area contributed by atoms with Crippen LogP contribution in [-0.2, 0) is 4.79 Å². The molecule has 1 aromatic carbocycles. The minimum absolute atomic E-state index is 0.384. The molecule has 102 valence electrons. The zero-order valence-electron chi connectivity index (χ0n) is 11.0. The van der Waals surface area contributed by atoms with Crippen molar-refractivity contribution in [2.45, 2.75) is 13.0 Å². The van der Waals surface area contributed by atoms with Gasteiger partial charge in [0.05, 0.1) is 5.56 Å². The third kappa shape index (κ3) is 3.20. The number of primary amides is 1. The highest BCUT2D eigenvalue weighted by atomic mass is 16.2. The predicted octanol–water partition coefficient (Wildman–Crippen LogP) is 1.35. The lowest BCUT2D eigenvalue weighted by atomic mass is 10.1. The molecule has 0 aliphatic heterocycles. The molecule has 2 amide bonds. The number of carbonyl (C=O) groups is 2. The molecule has 0 saturated carbocycles. The molecule has 1 unspecified atom stereocenters. The second-order valence-corrected chi connectivity index (χ2v) is 4.41. The molecule has 0 saturated heterocycles. The normalized spacial score (nSPS) is 11.7. The Balaban J connectivity index is 2.19. The highest BCUT2D eigenvalue weighted by molar-refractivity contribution is 5.97. The quantitative estimate of drug-likeness (QED) is 0.878. The molecule has 5 heteroatoms. The fraction of sp³-hybridized carbons (Fsp3) is 0.133. The summed E-state index contributed by atoms with van der Waals surface area (Å²) in [5.74, 6) is -0.991. The van der Waals surface area contributed by atoms with Gasteiger partial charge in [0.2, 0.25) is 5.91 Å². The van der Waals surface area contributed by atoms with Gasteiger partial charge in [-0.25, -0.2) is 0 Å². The summed E-state index contributed by atoms with van der Waals surface area (Å²) < 4.78 is 0. The van der Waals surface area contributed by atoms with Gasteiger partial charge in [-0.1, -0.05) is 30.3 Å². The van der Waals surface area contributed by atoms with Gasteiger partial charge in [0.1, 0.15) is 6.04 Å². The largest absolute Gasteiger partial charge is 0.368 e. The van der Waals surface area contributed by atoms with Crippen LogP contribution in [0.2, 0.25) is 0 Å². The van der Waals surface area contributed by atoms with Gasteiger partial charge in [0, 0.05) is 11.9 Å². The maximum Gasteiger partial charge on any atom is 0.253 e. The maximum absolute atomic E-state index is 12.1. The standard InChI is InChI=1S/C15H15N3O2/c1-10-7-8-12(9-17-10)15(20)18-13(14(16)19)11-5-3-2-4-6-11/h2-9,13H,1H3,(H2,16,19)(H,18,20). The van der Waals surface area contributed by atoms with Crippen molar-refractivity contribution in [3.63, 3.8) is 0 Å². The number of nitrogens with one attached hydrogen (secondary N) is 1. The van der Waals surface area contributed by atoms with Gasteiger partial charge in [-0.3, -0.25) is 14.6 Å². The fourth-order valence-electron chi connectivity index (χ4n) is 1.78. The van der Waals surface area contributed by atoms with Crippen molar-refractivity contribution in [3.05, 3.63) is 65.5 Å². The lowest BCUT2D eigenvalue weighted by Crippen LogP contribution is -2.37. The van der Waals surface area contributed by atoms with Crippen LogP contribution in [0.15, 0.2) is 48.7 Å². The molecule has 2 rings (SSSR count). The Bertz CT molecular complexity index is 609. The molecule has 5 nitrogen and oxygen atoms in total. The van der Waals surface area contributed by atoms with E-state index in [1.165, 1.54) is 6.20 Å². The van der Waals surface area contributed by atoms with Crippen LogP contribution in [0.3, 0.4) is 0 Å². The Morgan fingerprint density at radius 2 is 1.85 bits per heavy atom. The summed E-state index contributed by atoms with van der Waals surface area (Å²) in [6.07, 6.45) is 1.47. The van der Waals surface area contributed by atoms with E-state index in [1.807, 2.05) is 13.0 Å². The monoisotopic (exact) mass is 269 g/mol. The van der Waals surface area contributed by atoms with Gasteiger partial charge in [-0.05, 0) is 24.6 Å². The minimum atomic E-state index is -0.856. The van der Waals surface area contributed by atoms with Crippen molar-refractivity contribution >= 4 is 11.8 Å². The lowest BCUT2D eigenvalue weighted by molar-refractivity contribution is -0.120. The third-order valence-corrected chi connectivity index (χ3v) is 2.87. The predicted molar refractivity (Wildman–Crippen MR) is 74.8 cm³/mol. The van der Waals surface area contributed by atoms with E-state index >= 15 is 0 Å². The van der Waals surface area contributed by atoms with Crippen LogP contribution in [0.4, 0.5) is 0 Å². The number of nitrogens with two attached hydrogens (primary N) is 1. The topological polar surface area (TPSA) is 85.1 Å². The first-order chi connectivity index (χ1) is 9.58. The summed E-state index contributed by atoms with van der Waals surface area (Å²) >= 11 is 0. The van der Waals surface area contributed by atoms with Crippen molar-refractivity contribution in [2.24, 2.45) is 5.73 Å². The van der Waals surface area contributed by atoms with Crippen LogP contribution in [0, 0.1) is 6.92 Å². The van der Waals surface area contributed by atoms with Crippen molar-refractivity contribution in [2.75, 3.05) is 0 Å². The van der Waals surface area contributed by atoms with E-state index < -0.39 is 11.9 Å². The lowest BCUT2D eigenvalue weighted by Gasteiger charge is -2.15. The fourth-order valence-corrected chi connectivity index (χ4v) is 1.78. The number of hydrogen-bond acceptors (Lipinski definition) is 3. The number of benzene rings is 1. The Hall–Kier alpha value is -2.69. The van der Waals surface area contributed by atoms with E-state index in [9.17, 15) is 9.59 Å². The van der Waals surface area contributed by atoms with Gasteiger partial charge >= 0.3 is 0 Å². The molecular formula is C15H15N3O2. The molecular weight excluding hydrogens is 254 g/mol. The second-order valence-electron chi connectivity index (χ2n) is 4.41. The molecule has 2 aromatic rings. The van der Waals surface area contributed by atoms with Crippen LogP contribution < -0.4 is 11.1 Å². The molecule has 0 fully saturated rings. The van der Waals surface area contributed by atoms with Crippen molar-refractivity contribution in [1.29, 1.82) is 0 Å². The highest BCUT2D eigenvalue weighted by Crippen LogP contribution is 2.13. The van der Waals surface area contributed by atoms with E-state index in [0.29, 0.717) is 11.1 Å². The molecule has 0 bridgehead atoms. The van der Waals surface area contributed by atoms with Gasteiger partial charge in [0.15, 0.2) is 0 Å². The Labute approximate surface area is 116 Å². The first kappa shape index (κ1) is 13.7. The number of aromatic nitrogens is 1. The highest BCUT2D eigenvalue weighted by Gasteiger charge is 2.20. The molecule has 20 heavy (non-hydrogen) atoms. The van der Waals surface area contributed by atoms with Crippen LogP contribution in [-0.4, -0.2) is 16.8 Å². The maximum atomic E-state index is 12.1. The molecule has 3 N–H and O–H groups in total. The zero-order chi connectivity index (χ0) is 14.5. The number of aryl methyl sites for hydroxylation is 1. The van der Waals surface area contributed by atoms with E-state index in [1.54, 1.807) is 36.4 Å². The summed E-state index contributed by atoms with van der Waals surface area (Å²) in [5.41, 5.74) is 7.20. The second kappa shape index (κ2) is 5.97.